The molecular weight excluding hydrogens is 266 g/mol. The lowest BCUT2D eigenvalue weighted by molar-refractivity contribution is -0.137. The van der Waals surface area contributed by atoms with Crippen molar-refractivity contribution in [1.82, 2.24) is 4.98 Å². The first-order chi connectivity index (χ1) is 8.75. The van der Waals surface area contributed by atoms with Gasteiger partial charge in [0.05, 0.1) is 23.8 Å². The zero-order chi connectivity index (χ0) is 14.4. The monoisotopic (exact) mass is 275 g/mol. The highest BCUT2D eigenvalue weighted by atomic mass is 19.4. The van der Waals surface area contributed by atoms with Gasteiger partial charge >= 0.3 is 12.1 Å². The van der Waals surface area contributed by atoms with Crippen LogP contribution in [0.3, 0.4) is 0 Å². The molecule has 7 heteroatoms. The number of hydrogen-bond donors (Lipinski definition) is 1. The van der Waals surface area contributed by atoms with Gasteiger partial charge in [0.15, 0.2) is 0 Å². The summed E-state index contributed by atoms with van der Waals surface area (Å²) in [5.74, 6) is -1.88. The average molecular weight is 275 g/mol. The summed E-state index contributed by atoms with van der Waals surface area (Å²) in [6.45, 7) is 1.46. The zero-order valence-corrected chi connectivity index (χ0v) is 9.98. The second-order valence-corrected chi connectivity index (χ2v) is 3.99. The Labute approximate surface area is 105 Å². The van der Waals surface area contributed by atoms with Crippen LogP contribution in [0.4, 0.5) is 17.6 Å². The summed E-state index contributed by atoms with van der Waals surface area (Å²) in [4.78, 5) is 14.1. The van der Waals surface area contributed by atoms with Gasteiger partial charge in [-0.05, 0) is 19.1 Å². The summed E-state index contributed by atoms with van der Waals surface area (Å²) >= 11 is 0. The molecule has 0 spiro atoms. The Bertz CT molecular complexity index is 658. The number of H-pyrrole nitrogens is 1. The highest BCUT2D eigenvalue weighted by molar-refractivity contribution is 6.05. The van der Waals surface area contributed by atoms with Gasteiger partial charge in [0.25, 0.3) is 0 Å². The molecule has 0 saturated heterocycles. The van der Waals surface area contributed by atoms with Crippen LogP contribution < -0.4 is 0 Å². The zero-order valence-electron chi connectivity index (χ0n) is 9.98. The molecule has 0 aliphatic heterocycles. The first-order valence-corrected chi connectivity index (χ1v) is 5.23. The lowest BCUT2D eigenvalue weighted by Gasteiger charge is -2.07. The number of alkyl halides is 3. The Hall–Kier alpha value is -2.05. The van der Waals surface area contributed by atoms with Gasteiger partial charge < -0.3 is 9.72 Å². The van der Waals surface area contributed by atoms with Crippen molar-refractivity contribution in [3.05, 3.63) is 34.8 Å². The second kappa shape index (κ2) is 4.25. The normalized spacial score (nSPS) is 11.9. The topological polar surface area (TPSA) is 42.1 Å². The Morgan fingerprint density at radius 1 is 1.32 bits per heavy atom. The molecule has 0 atom stereocenters. The van der Waals surface area contributed by atoms with Gasteiger partial charge in [0.2, 0.25) is 0 Å². The van der Waals surface area contributed by atoms with Crippen molar-refractivity contribution in [1.29, 1.82) is 0 Å². The molecule has 3 nitrogen and oxygen atoms in total. The number of fused-ring (bicyclic) bond motifs is 1. The van der Waals surface area contributed by atoms with Crippen molar-refractivity contribution in [3.8, 4) is 0 Å². The van der Waals surface area contributed by atoms with E-state index in [1.54, 1.807) is 0 Å². The van der Waals surface area contributed by atoms with Crippen LogP contribution in [0.1, 0.15) is 21.6 Å². The van der Waals surface area contributed by atoms with E-state index in [2.05, 4.69) is 9.72 Å². The minimum absolute atomic E-state index is 0.0949. The molecule has 0 aliphatic rings. The molecule has 0 amide bonds. The van der Waals surface area contributed by atoms with E-state index in [0.717, 1.165) is 13.2 Å². The molecule has 1 heterocycles. The van der Waals surface area contributed by atoms with Gasteiger partial charge in [-0.25, -0.2) is 9.18 Å². The van der Waals surface area contributed by atoms with Gasteiger partial charge in [0.1, 0.15) is 5.82 Å². The molecule has 0 bridgehead atoms. The minimum atomic E-state index is -4.69. The molecule has 2 rings (SSSR count). The third kappa shape index (κ3) is 2.16. The fourth-order valence-electron chi connectivity index (χ4n) is 1.91. The first-order valence-electron chi connectivity index (χ1n) is 5.23. The number of benzene rings is 1. The summed E-state index contributed by atoms with van der Waals surface area (Å²) in [6.07, 6.45) is -4.69. The quantitative estimate of drug-likeness (QED) is 0.640. The van der Waals surface area contributed by atoms with Crippen LogP contribution in [0.25, 0.3) is 10.9 Å². The number of aromatic amines is 1. The molecule has 0 aliphatic carbocycles. The van der Waals surface area contributed by atoms with Crippen LogP contribution in [0.15, 0.2) is 12.1 Å². The Morgan fingerprint density at radius 3 is 2.47 bits per heavy atom. The number of esters is 1. The average Bonchev–Trinajstić information content (AvgIpc) is 2.64. The fraction of sp³-hybridized carbons (Fsp3) is 0.250. The number of carbonyl (C=O) groups excluding carboxylic acids is 1. The number of halogens is 4. The van der Waals surface area contributed by atoms with Crippen LogP contribution in [0, 0.1) is 12.7 Å². The molecule has 1 N–H and O–H groups in total. The van der Waals surface area contributed by atoms with Gasteiger partial charge in [-0.15, -0.1) is 0 Å². The molecule has 0 saturated carbocycles. The number of methoxy groups -OCH3 is 1. The SMILES string of the molecule is COC(=O)c1c(C)[nH]c2c(F)cc(C(F)(F)F)cc12. The molecule has 0 fully saturated rings. The van der Waals surface area contributed by atoms with Gasteiger partial charge in [-0.2, -0.15) is 13.2 Å². The van der Waals surface area contributed by atoms with Gasteiger partial charge in [0, 0.05) is 11.1 Å². The highest BCUT2D eigenvalue weighted by Crippen LogP contribution is 2.34. The summed E-state index contributed by atoms with van der Waals surface area (Å²) in [6, 6.07) is 1.12. The van der Waals surface area contributed by atoms with Crippen LogP contribution in [-0.4, -0.2) is 18.1 Å². The van der Waals surface area contributed by atoms with Crippen molar-refractivity contribution in [2.75, 3.05) is 7.11 Å². The van der Waals surface area contributed by atoms with Crippen molar-refractivity contribution in [3.63, 3.8) is 0 Å². The highest BCUT2D eigenvalue weighted by Gasteiger charge is 2.33. The molecule has 19 heavy (non-hydrogen) atoms. The second-order valence-electron chi connectivity index (χ2n) is 3.99. The number of aryl methyl sites for hydroxylation is 1. The maximum absolute atomic E-state index is 13.7. The summed E-state index contributed by atoms with van der Waals surface area (Å²) in [7, 11) is 1.10. The van der Waals surface area contributed by atoms with Crippen LogP contribution in [0.2, 0.25) is 0 Å². The van der Waals surface area contributed by atoms with E-state index >= 15 is 0 Å². The lowest BCUT2D eigenvalue weighted by Crippen LogP contribution is -2.06. The molecule has 0 unspecified atom stereocenters. The third-order valence-corrected chi connectivity index (χ3v) is 2.76. The Morgan fingerprint density at radius 2 is 1.95 bits per heavy atom. The van der Waals surface area contributed by atoms with E-state index < -0.39 is 23.5 Å². The van der Waals surface area contributed by atoms with Crippen molar-refractivity contribution < 1.29 is 27.1 Å². The summed E-state index contributed by atoms with van der Waals surface area (Å²) < 4.78 is 56.0. The van der Waals surface area contributed by atoms with Gasteiger partial charge in [-0.3, -0.25) is 0 Å². The largest absolute Gasteiger partial charge is 0.465 e. The number of ether oxygens (including phenoxy) is 1. The van der Waals surface area contributed by atoms with E-state index in [1.807, 2.05) is 0 Å². The van der Waals surface area contributed by atoms with Crippen LogP contribution in [-0.2, 0) is 10.9 Å². The summed E-state index contributed by atoms with van der Waals surface area (Å²) in [5, 5.41) is -0.142. The molecule has 1 aromatic heterocycles. The minimum Gasteiger partial charge on any atom is -0.465 e. The molecular formula is C12H9F4NO2. The third-order valence-electron chi connectivity index (χ3n) is 2.76. The Balaban J connectivity index is 2.81. The maximum atomic E-state index is 13.7. The molecule has 0 radical (unpaired) electrons. The molecule has 2 aromatic rings. The van der Waals surface area contributed by atoms with E-state index in [1.165, 1.54) is 6.92 Å². The van der Waals surface area contributed by atoms with Crippen molar-refractivity contribution in [2.45, 2.75) is 13.1 Å². The maximum Gasteiger partial charge on any atom is 0.416 e. The smallest absolute Gasteiger partial charge is 0.416 e. The number of nitrogens with one attached hydrogen (secondary N) is 1. The van der Waals surface area contributed by atoms with Gasteiger partial charge in [-0.1, -0.05) is 0 Å². The summed E-state index contributed by atoms with van der Waals surface area (Å²) in [5.41, 5.74) is -1.14. The van der Waals surface area contributed by atoms with E-state index in [4.69, 9.17) is 0 Å². The lowest BCUT2D eigenvalue weighted by atomic mass is 10.1. The molecule has 1 aromatic carbocycles. The number of hydrogen-bond acceptors (Lipinski definition) is 2. The first kappa shape index (κ1) is 13.4. The van der Waals surface area contributed by atoms with Crippen LogP contribution in [0.5, 0.6) is 0 Å². The fourth-order valence-corrected chi connectivity index (χ4v) is 1.91. The van der Waals surface area contributed by atoms with Crippen LogP contribution >= 0.6 is 0 Å². The van der Waals surface area contributed by atoms with E-state index in [-0.39, 0.29) is 22.2 Å². The Kier molecular flexibility index (Phi) is 3.00. The predicted molar refractivity (Wildman–Crippen MR) is 59.3 cm³/mol. The van der Waals surface area contributed by atoms with Crippen molar-refractivity contribution >= 4 is 16.9 Å². The number of aromatic nitrogens is 1. The number of rotatable bonds is 1. The predicted octanol–water partition coefficient (Wildman–Crippen LogP) is 3.42. The molecule has 102 valence electrons. The number of carbonyl (C=O) groups is 1. The standard InChI is InChI=1S/C12H9F4NO2/c1-5-9(11(18)19-2)7-3-6(12(14,15)16)4-8(13)10(7)17-5/h3-4,17H,1-2H3. The van der Waals surface area contributed by atoms with E-state index in [0.29, 0.717) is 6.07 Å². The van der Waals surface area contributed by atoms with Crippen molar-refractivity contribution in [2.24, 2.45) is 0 Å². The van der Waals surface area contributed by atoms with E-state index in [9.17, 15) is 22.4 Å².